The van der Waals surface area contributed by atoms with E-state index in [4.69, 9.17) is 4.74 Å². The molecular weight excluding hydrogens is 388 g/mol. The van der Waals surface area contributed by atoms with Crippen molar-refractivity contribution in [3.05, 3.63) is 77.4 Å². The van der Waals surface area contributed by atoms with Crippen molar-refractivity contribution in [2.75, 3.05) is 18.5 Å². The normalized spacial score (nSPS) is 30.5. The first-order valence-corrected chi connectivity index (χ1v) is 11.1. The smallest absolute Gasteiger partial charge is 0.318 e. The van der Waals surface area contributed by atoms with Crippen LogP contribution in [-0.2, 0) is 26.3 Å². The summed E-state index contributed by atoms with van der Waals surface area (Å²) in [6.45, 7) is 4.80. The largest absolute Gasteiger partial charge is 0.465 e. The SMILES string of the molecule is CCOC(=O)[C@@]1(C)/C(=C\Cc2ccccc2)[C@H]2CCCN2[C@]12C(=O)Nc1ccccc12. The zero-order valence-electron chi connectivity index (χ0n) is 18.1. The third kappa shape index (κ3) is 2.59. The van der Waals surface area contributed by atoms with Crippen molar-refractivity contribution in [1.82, 2.24) is 4.90 Å². The number of carbonyl (C=O) groups is 2. The number of allylic oxidation sites excluding steroid dienone is 1. The van der Waals surface area contributed by atoms with Crippen LogP contribution in [0.4, 0.5) is 5.69 Å². The molecule has 0 unspecified atom stereocenters. The Kier molecular flexibility index (Phi) is 4.74. The van der Waals surface area contributed by atoms with E-state index in [0.29, 0.717) is 0 Å². The van der Waals surface area contributed by atoms with Gasteiger partial charge in [-0.3, -0.25) is 14.5 Å². The Morgan fingerprint density at radius 3 is 2.71 bits per heavy atom. The minimum Gasteiger partial charge on any atom is -0.465 e. The molecule has 3 aliphatic rings. The summed E-state index contributed by atoms with van der Waals surface area (Å²) < 4.78 is 5.64. The van der Waals surface area contributed by atoms with Crippen molar-refractivity contribution in [3.63, 3.8) is 0 Å². The molecule has 31 heavy (non-hydrogen) atoms. The second kappa shape index (κ2) is 7.34. The summed E-state index contributed by atoms with van der Waals surface area (Å²) in [4.78, 5) is 29.7. The number of carbonyl (C=O) groups excluding carboxylic acids is 2. The fraction of sp³-hybridized carbons (Fsp3) is 0.385. The highest BCUT2D eigenvalue weighted by Gasteiger charge is 2.74. The molecule has 1 spiro atoms. The van der Waals surface area contributed by atoms with Gasteiger partial charge in [-0.05, 0) is 50.3 Å². The molecule has 2 aromatic carbocycles. The van der Waals surface area contributed by atoms with Crippen LogP contribution in [0, 0.1) is 5.41 Å². The van der Waals surface area contributed by atoms with Gasteiger partial charge in [0.2, 0.25) is 0 Å². The predicted octanol–water partition coefficient (Wildman–Crippen LogP) is 4.05. The standard InChI is InChI=1S/C26H28N2O3/c1-3-31-24(30)25(2)20(16-15-18-10-5-4-6-11-18)22-14-9-17-28(22)26(25)19-12-7-8-13-21(19)27-23(26)29/h4-8,10-13,16,22H,3,9,14-15,17H2,1-2H3,(H,27,29)/b20-16-/t22-,25-,26-/m1/s1. The second-order valence-electron chi connectivity index (χ2n) is 8.76. The van der Waals surface area contributed by atoms with E-state index >= 15 is 0 Å². The lowest BCUT2D eigenvalue weighted by Crippen LogP contribution is -2.58. The van der Waals surface area contributed by atoms with Gasteiger partial charge in [0.05, 0.1) is 6.61 Å². The van der Waals surface area contributed by atoms with Crippen LogP contribution in [0.3, 0.4) is 0 Å². The number of para-hydroxylation sites is 1. The number of ether oxygens (including phenoxy) is 1. The maximum absolute atomic E-state index is 13.8. The van der Waals surface area contributed by atoms with Crippen LogP contribution >= 0.6 is 0 Å². The fourth-order valence-electron chi connectivity index (χ4n) is 6.07. The molecule has 5 nitrogen and oxygen atoms in total. The van der Waals surface area contributed by atoms with Crippen molar-refractivity contribution in [2.24, 2.45) is 5.41 Å². The number of rotatable bonds is 4. The number of nitrogens with one attached hydrogen (secondary N) is 1. The molecule has 2 aromatic rings. The quantitative estimate of drug-likeness (QED) is 0.603. The molecule has 3 atom stereocenters. The van der Waals surface area contributed by atoms with Gasteiger partial charge in [0.25, 0.3) is 5.91 Å². The zero-order valence-corrected chi connectivity index (χ0v) is 18.1. The summed E-state index contributed by atoms with van der Waals surface area (Å²) in [5.41, 5.74) is 1.68. The molecule has 0 bridgehead atoms. The third-order valence-electron chi connectivity index (χ3n) is 7.32. The molecule has 1 N–H and O–H groups in total. The van der Waals surface area contributed by atoms with E-state index in [-0.39, 0.29) is 24.5 Å². The van der Waals surface area contributed by atoms with Crippen molar-refractivity contribution in [3.8, 4) is 0 Å². The van der Waals surface area contributed by atoms with Gasteiger partial charge in [-0.15, -0.1) is 0 Å². The molecule has 0 aromatic heterocycles. The van der Waals surface area contributed by atoms with Crippen LogP contribution in [0.5, 0.6) is 0 Å². The molecule has 1 amide bonds. The first-order valence-electron chi connectivity index (χ1n) is 11.1. The van der Waals surface area contributed by atoms with Crippen LogP contribution in [0.25, 0.3) is 0 Å². The lowest BCUT2D eigenvalue weighted by atomic mass is 9.64. The molecule has 160 valence electrons. The summed E-state index contributed by atoms with van der Waals surface area (Å²) in [6.07, 6.45) is 4.84. The molecule has 2 fully saturated rings. The van der Waals surface area contributed by atoms with Crippen LogP contribution < -0.4 is 5.32 Å². The van der Waals surface area contributed by atoms with Crippen LogP contribution in [-0.4, -0.2) is 36.0 Å². The molecule has 5 heteroatoms. The molecule has 0 aliphatic carbocycles. The van der Waals surface area contributed by atoms with Gasteiger partial charge in [0.1, 0.15) is 11.0 Å². The van der Waals surface area contributed by atoms with Crippen molar-refractivity contribution < 1.29 is 14.3 Å². The van der Waals surface area contributed by atoms with E-state index in [0.717, 1.165) is 42.6 Å². The lowest BCUT2D eigenvalue weighted by Gasteiger charge is -2.41. The van der Waals surface area contributed by atoms with Crippen LogP contribution in [0.15, 0.2) is 66.2 Å². The molecular formula is C26H28N2O3. The third-order valence-corrected chi connectivity index (χ3v) is 7.32. The maximum atomic E-state index is 13.8. The Morgan fingerprint density at radius 1 is 1.19 bits per heavy atom. The summed E-state index contributed by atoms with van der Waals surface area (Å²) in [7, 11) is 0. The monoisotopic (exact) mass is 416 g/mol. The van der Waals surface area contributed by atoms with Gasteiger partial charge in [-0.1, -0.05) is 54.6 Å². The van der Waals surface area contributed by atoms with Gasteiger partial charge in [0.15, 0.2) is 0 Å². The Bertz CT molecular complexity index is 1060. The van der Waals surface area contributed by atoms with E-state index in [1.807, 2.05) is 56.3 Å². The van der Waals surface area contributed by atoms with Crippen molar-refractivity contribution in [1.29, 1.82) is 0 Å². The predicted molar refractivity (Wildman–Crippen MR) is 119 cm³/mol. The fourth-order valence-corrected chi connectivity index (χ4v) is 6.07. The number of nitrogens with zero attached hydrogens (tertiary/aromatic N) is 1. The highest BCUT2D eigenvalue weighted by atomic mass is 16.5. The lowest BCUT2D eigenvalue weighted by molar-refractivity contribution is -0.161. The minimum atomic E-state index is -1.10. The van der Waals surface area contributed by atoms with Crippen LogP contribution in [0.2, 0.25) is 0 Å². The molecule has 5 rings (SSSR count). The zero-order chi connectivity index (χ0) is 21.6. The minimum absolute atomic E-state index is 0.0509. The number of amides is 1. The molecule has 2 saturated heterocycles. The first-order chi connectivity index (χ1) is 15.0. The number of esters is 1. The Morgan fingerprint density at radius 2 is 1.94 bits per heavy atom. The average molecular weight is 417 g/mol. The van der Waals surface area contributed by atoms with Crippen LogP contribution in [0.1, 0.15) is 37.8 Å². The first kappa shape index (κ1) is 20.0. The Hall–Kier alpha value is -2.92. The van der Waals surface area contributed by atoms with E-state index in [1.54, 1.807) is 0 Å². The van der Waals surface area contributed by atoms with Gasteiger partial charge in [0, 0.05) is 23.8 Å². The average Bonchev–Trinajstić information content (AvgIpc) is 3.42. The van der Waals surface area contributed by atoms with Gasteiger partial charge < -0.3 is 10.1 Å². The number of hydrogen-bond donors (Lipinski definition) is 1. The second-order valence-corrected chi connectivity index (χ2v) is 8.76. The molecule has 0 radical (unpaired) electrons. The van der Waals surface area contributed by atoms with Gasteiger partial charge >= 0.3 is 5.97 Å². The number of hydrogen-bond acceptors (Lipinski definition) is 4. The number of anilines is 1. The molecule has 3 aliphatic heterocycles. The summed E-state index contributed by atoms with van der Waals surface area (Å²) in [6, 6.07) is 18.1. The van der Waals surface area contributed by atoms with E-state index in [9.17, 15) is 9.59 Å². The van der Waals surface area contributed by atoms with Gasteiger partial charge in [-0.25, -0.2) is 0 Å². The highest BCUT2D eigenvalue weighted by Crippen LogP contribution is 2.64. The van der Waals surface area contributed by atoms with E-state index in [2.05, 4.69) is 28.4 Å². The topological polar surface area (TPSA) is 58.6 Å². The van der Waals surface area contributed by atoms with Gasteiger partial charge in [-0.2, -0.15) is 0 Å². The highest BCUT2D eigenvalue weighted by molar-refractivity contribution is 6.11. The maximum Gasteiger partial charge on any atom is 0.318 e. The summed E-state index contributed by atoms with van der Waals surface area (Å²) in [5, 5.41) is 3.07. The van der Waals surface area contributed by atoms with E-state index in [1.165, 1.54) is 5.56 Å². The Balaban J connectivity index is 1.73. The molecule has 0 saturated carbocycles. The summed E-state index contributed by atoms with van der Waals surface area (Å²) >= 11 is 0. The van der Waals surface area contributed by atoms with E-state index < -0.39 is 11.0 Å². The Labute approximate surface area is 183 Å². The molecule has 3 heterocycles. The number of benzene rings is 2. The van der Waals surface area contributed by atoms with Crippen molar-refractivity contribution >= 4 is 17.6 Å². The number of fused-ring (bicyclic) bond motifs is 4. The van der Waals surface area contributed by atoms with Crippen molar-refractivity contribution in [2.45, 2.75) is 44.7 Å². The summed E-state index contributed by atoms with van der Waals surface area (Å²) in [5.74, 6) is -0.449.